The largest absolute Gasteiger partial charge is 0.416 e. The summed E-state index contributed by atoms with van der Waals surface area (Å²) in [6.45, 7) is 1.01. The molecular formula is C23H23F3N4O2. The van der Waals surface area contributed by atoms with Gasteiger partial charge in [-0.25, -0.2) is 0 Å². The van der Waals surface area contributed by atoms with Crippen LogP contribution in [0.2, 0.25) is 0 Å². The monoisotopic (exact) mass is 444 g/mol. The fourth-order valence-electron chi connectivity index (χ4n) is 3.72. The lowest BCUT2D eigenvalue weighted by Gasteiger charge is -2.24. The van der Waals surface area contributed by atoms with Gasteiger partial charge in [-0.3, -0.25) is 9.48 Å². The highest BCUT2D eigenvalue weighted by Gasteiger charge is 2.30. The van der Waals surface area contributed by atoms with E-state index in [-0.39, 0.29) is 25.2 Å². The highest BCUT2D eigenvalue weighted by molar-refractivity contribution is 5.79. The van der Waals surface area contributed by atoms with Gasteiger partial charge in [0.15, 0.2) is 0 Å². The highest BCUT2D eigenvalue weighted by Crippen LogP contribution is 2.29. The van der Waals surface area contributed by atoms with Gasteiger partial charge in [0.05, 0.1) is 31.0 Å². The molecule has 2 bridgehead atoms. The molecule has 4 rings (SSSR count). The highest BCUT2D eigenvalue weighted by atomic mass is 19.4. The quantitative estimate of drug-likeness (QED) is 0.665. The van der Waals surface area contributed by atoms with Crippen LogP contribution in [0.15, 0.2) is 60.8 Å². The van der Waals surface area contributed by atoms with Crippen LogP contribution >= 0.6 is 0 Å². The Bertz CT molecular complexity index is 1040. The second-order valence-electron chi connectivity index (χ2n) is 7.84. The van der Waals surface area contributed by atoms with Crippen molar-refractivity contribution in [2.75, 3.05) is 6.61 Å². The van der Waals surface area contributed by atoms with Crippen molar-refractivity contribution >= 4 is 5.91 Å². The van der Waals surface area contributed by atoms with Crippen molar-refractivity contribution in [3.8, 4) is 0 Å². The third kappa shape index (κ3) is 5.53. The van der Waals surface area contributed by atoms with Crippen LogP contribution in [0.3, 0.4) is 0 Å². The lowest BCUT2D eigenvalue weighted by molar-refractivity contribution is -0.137. The number of ether oxygens (including phenoxy) is 1. The molecule has 0 fully saturated rings. The standard InChI is InChI=1S/C23H23F3N4O2/c24-23(25,26)19-8-6-16(7-9-19)12-18-10-11-30-13-20(28-29-30)14-32-15-21(27-22(18)31)17-4-2-1-3-5-17/h1-9,13,18,21H,10-12,14-15H2,(H,27,31)/t18-,21-/m1/s1. The molecule has 1 N–H and O–H groups in total. The van der Waals surface area contributed by atoms with Crippen LogP contribution in [0.25, 0.3) is 0 Å². The third-order valence-electron chi connectivity index (χ3n) is 5.48. The van der Waals surface area contributed by atoms with E-state index in [2.05, 4.69) is 15.6 Å². The maximum Gasteiger partial charge on any atom is 0.416 e. The smallest absolute Gasteiger partial charge is 0.373 e. The Morgan fingerprint density at radius 2 is 1.84 bits per heavy atom. The fourth-order valence-corrected chi connectivity index (χ4v) is 3.72. The summed E-state index contributed by atoms with van der Waals surface area (Å²) in [5.74, 6) is -0.631. The number of hydrogen-bond donors (Lipinski definition) is 1. The summed E-state index contributed by atoms with van der Waals surface area (Å²) in [5.41, 5.74) is 1.57. The van der Waals surface area contributed by atoms with Gasteiger partial charge >= 0.3 is 6.18 Å². The number of benzene rings is 2. The van der Waals surface area contributed by atoms with Crippen molar-refractivity contribution in [2.24, 2.45) is 5.92 Å². The van der Waals surface area contributed by atoms with Crippen molar-refractivity contribution < 1.29 is 22.7 Å². The molecular weight excluding hydrogens is 421 g/mol. The molecule has 168 valence electrons. The third-order valence-corrected chi connectivity index (χ3v) is 5.48. The Hall–Kier alpha value is -3.20. The van der Waals surface area contributed by atoms with Crippen molar-refractivity contribution in [1.29, 1.82) is 0 Å². The summed E-state index contributed by atoms with van der Waals surface area (Å²) in [7, 11) is 0. The number of nitrogens with one attached hydrogen (secondary N) is 1. The number of aryl methyl sites for hydroxylation is 1. The van der Waals surface area contributed by atoms with Gasteiger partial charge in [0.1, 0.15) is 5.69 Å². The van der Waals surface area contributed by atoms with Gasteiger partial charge in [-0.15, -0.1) is 5.10 Å². The van der Waals surface area contributed by atoms with Crippen molar-refractivity contribution in [3.63, 3.8) is 0 Å². The summed E-state index contributed by atoms with van der Waals surface area (Å²) in [5, 5.41) is 11.2. The minimum absolute atomic E-state index is 0.178. The topological polar surface area (TPSA) is 69.0 Å². The molecule has 32 heavy (non-hydrogen) atoms. The van der Waals surface area contributed by atoms with E-state index in [1.54, 1.807) is 10.9 Å². The average molecular weight is 444 g/mol. The second-order valence-corrected chi connectivity index (χ2v) is 7.84. The van der Waals surface area contributed by atoms with Gasteiger partial charge in [-0.2, -0.15) is 13.2 Å². The number of nitrogens with zero attached hydrogens (tertiary/aromatic N) is 3. The molecule has 2 aromatic carbocycles. The molecule has 0 spiro atoms. The Kier molecular flexibility index (Phi) is 6.55. The molecule has 0 saturated heterocycles. The minimum atomic E-state index is -4.39. The minimum Gasteiger partial charge on any atom is -0.373 e. The molecule has 3 aromatic rings. The first-order valence-corrected chi connectivity index (χ1v) is 10.4. The SMILES string of the molecule is O=C1N[C@@H](c2ccccc2)COCc2cn(nn2)CC[C@@H]1Cc1ccc(C(F)(F)F)cc1. The molecule has 0 radical (unpaired) electrons. The average Bonchev–Trinajstić information content (AvgIpc) is 3.23. The number of rotatable bonds is 3. The zero-order chi connectivity index (χ0) is 22.6. The molecule has 6 nitrogen and oxygen atoms in total. The molecule has 2 heterocycles. The van der Waals surface area contributed by atoms with Crippen LogP contribution < -0.4 is 5.32 Å². The van der Waals surface area contributed by atoms with E-state index in [1.807, 2.05) is 30.3 Å². The van der Waals surface area contributed by atoms with Gasteiger partial charge in [0, 0.05) is 12.5 Å². The van der Waals surface area contributed by atoms with Gasteiger partial charge in [-0.05, 0) is 36.1 Å². The van der Waals surface area contributed by atoms with E-state index in [4.69, 9.17) is 4.74 Å². The maximum absolute atomic E-state index is 13.2. The number of amides is 1. The normalized spacial score (nSPS) is 20.2. The van der Waals surface area contributed by atoms with Crippen LogP contribution in [0.5, 0.6) is 0 Å². The number of hydrogen-bond acceptors (Lipinski definition) is 4. The number of halogens is 3. The summed E-state index contributed by atoms with van der Waals surface area (Å²) < 4.78 is 46.1. The lowest BCUT2D eigenvalue weighted by atomic mass is 9.93. The second kappa shape index (κ2) is 9.52. The number of fused-ring (bicyclic) bond motifs is 2. The van der Waals surface area contributed by atoms with E-state index >= 15 is 0 Å². The van der Waals surface area contributed by atoms with Crippen LogP contribution in [-0.4, -0.2) is 27.5 Å². The van der Waals surface area contributed by atoms with Crippen LogP contribution in [0.4, 0.5) is 13.2 Å². The lowest BCUT2D eigenvalue weighted by Crippen LogP contribution is -2.37. The van der Waals surface area contributed by atoms with E-state index < -0.39 is 17.7 Å². The van der Waals surface area contributed by atoms with Gasteiger partial charge in [0.25, 0.3) is 0 Å². The first-order valence-electron chi connectivity index (χ1n) is 10.4. The molecule has 1 aromatic heterocycles. The van der Waals surface area contributed by atoms with E-state index in [0.29, 0.717) is 30.6 Å². The zero-order valence-corrected chi connectivity index (χ0v) is 17.3. The van der Waals surface area contributed by atoms with Crippen molar-refractivity contribution in [1.82, 2.24) is 20.3 Å². The first-order chi connectivity index (χ1) is 15.4. The summed E-state index contributed by atoms with van der Waals surface area (Å²) in [4.78, 5) is 13.2. The molecule has 1 amide bonds. The Morgan fingerprint density at radius 3 is 2.56 bits per heavy atom. The molecule has 0 unspecified atom stereocenters. The van der Waals surface area contributed by atoms with Crippen molar-refractivity contribution in [3.05, 3.63) is 83.2 Å². The first kappa shape index (κ1) is 22.0. The summed E-state index contributed by atoms with van der Waals surface area (Å²) in [6.07, 6.45) is -1.82. The van der Waals surface area contributed by atoms with Crippen LogP contribution in [0, 0.1) is 5.92 Å². The number of aromatic nitrogens is 3. The van der Waals surface area contributed by atoms with Crippen LogP contribution in [0.1, 0.15) is 34.8 Å². The van der Waals surface area contributed by atoms with E-state index in [1.165, 1.54) is 12.1 Å². The number of carbonyl (C=O) groups is 1. The molecule has 9 heteroatoms. The van der Waals surface area contributed by atoms with Gasteiger partial charge < -0.3 is 10.1 Å². The molecule has 1 aliphatic heterocycles. The van der Waals surface area contributed by atoms with E-state index in [0.717, 1.165) is 17.7 Å². The van der Waals surface area contributed by atoms with Crippen molar-refractivity contribution in [2.45, 2.75) is 38.2 Å². The van der Waals surface area contributed by atoms with Gasteiger partial charge in [0.2, 0.25) is 5.91 Å². The van der Waals surface area contributed by atoms with Gasteiger partial charge in [-0.1, -0.05) is 47.7 Å². The molecule has 0 aliphatic carbocycles. The number of carbonyl (C=O) groups excluding carboxylic acids is 1. The maximum atomic E-state index is 13.2. The summed E-state index contributed by atoms with van der Waals surface area (Å²) >= 11 is 0. The molecule has 2 atom stereocenters. The fraction of sp³-hybridized carbons (Fsp3) is 0.348. The molecule has 1 aliphatic rings. The van der Waals surface area contributed by atoms with E-state index in [9.17, 15) is 18.0 Å². The van der Waals surface area contributed by atoms with Crippen LogP contribution in [-0.2, 0) is 35.3 Å². The predicted molar refractivity (Wildman–Crippen MR) is 110 cm³/mol. The Balaban J connectivity index is 1.56. The predicted octanol–water partition coefficient (Wildman–Crippen LogP) is 3.93. The Morgan fingerprint density at radius 1 is 1.09 bits per heavy atom. The molecule has 0 saturated carbocycles. The zero-order valence-electron chi connectivity index (χ0n) is 17.3. The number of alkyl halides is 3. The summed E-state index contributed by atoms with van der Waals surface area (Å²) in [6, 6.07) is 14.1. The Labute approximate surface area is 183 Å².